The summed E-state index contributed by atoms with van der Waals surface area (Å²) in [7, 11) is 8.24. The summed E-state index contributed by atoms with van der Waals surface area (Å²) >= 11 is 0. The van der Waals surface area contributed by atoms with Crippen LogP contribution in [-0.2, 0) is 9.59 Å². The number of fused-ring (bicyclic) bond motifs is 1. The number of hydrogen-bond acceptors (Lipinski definition) is 7. The van der Waals surface area contributed by atoms with E-state index in [0.717, 1.165) is 4.90 Å². The molecule has 0 unspecified atom stereocenters. The molecule has 4 amide bonds. The Bertz CT molecular complexity index is 1180. The molecule has 1 N–H and O–H groups in total. The SMILES string of the molecule is CCOc1cc([C@@H](CC(=O)N(C)C)N2C(=O)c3cccc(NC(=O)CN(C)C)c3C2=O)ccc1OC.[H+]. The van der Waals surface area contributed by atoms with Gasteiger partial charge in [-0.1, -0.05) is 12.1 Å². The third-order valence-corrected chi connectivity index (χ3v) is 5.73. The molecular weight excluding hydrogens is 464 g/mol. The molecule has 1 heterocycles. The second-order valence-corrected chi connectivity index (χ2v) is 8.85. The van der Waals surface area contributed by atoms with Gasteiger partial charge in [-0.15, -0.1) is 0 Å². The predicted molar refractivity (Wildman–Crippen MR) is 135 cm³/mol. The molecule has 192 valence electrons. The van der Waals surface area contributed by atoms with E-state index in [1.54, 1.807) is 69.5 Å². The Balaban J connectivity index is 0.00000481. The number of nitrogens with zero attached hydrogens (tertiary/aromatic N) is 3. The lowest BCUT2D eigenvalue weighted by atomic mass is 10.0. The molecule has 0 aromatic heterocycles. The van der Waals surface area contributed by atoms with Gasteiger partial charge in [-0.05, 0) is 50.8 Å². The summed E-state index contributed by atoms with van der Waals surface area (Å²) < 4.78 is 11.0. The Kier molecular flexibility index (Phi) is 8.31. The molecule has 0 spiro atoms. The predicted octanol–water partition coefficient (Wildman–Crippen LogP) is 2.52. The number of ether oxygens (including phenoxy) is 2. The van der Waals surface area contributed by atoms with Crippen molar-refractivity contribution in [3.05, 3.63) is 53.1 Å². The van der Waals surface area contributed by atoms with Gasteiger partial charge >= 0.3 is 1.43 Å². The summed E-state index contributed by atoms with van der Waals surface area (Å²) in [4.78, 5) is 56.6. The average Bonchev–Trinajstić information content (AvgIpc) is 3.07. The molecule has 36 heavy (non-hydrogen) atoms. The molecule has 0 saturated heterocycles. The zero-order valence-electron chi connectivity index (χ0n) is 22.5. The first-order valence-corrected chi connectivity index (χ1v) is 11.5. The molecule has 2 aromatic carbocycles. The monoisotopic (exact) mass is 497 g/mol. The van der Waals surface area contributed by atoms with Crippen molar-refractivity contribution in [2.45, 2.75) is 19.4 Å². The van der Waals surface area contributed by atoms with Crippen molar-refractivity contribution in [2.75, 3.05) is 53.8 Å². The number of imide groups is 1. The minimum Gasteiger partial charge on any atom is -0.493 e. The highest BCUT2D eigenvalue weighted by molar-refractivity contribution is 6.24. The summed E-state index contributed by atoms with van der Waals surface area (Å²) in [5.41, 5.74) is 1.07. The number of rotatable bonds is 10. The van der Waals surface area contributed by atoms with E-state index in [1.807, 2.05) is 6.92 Å². The van der Waals surface area contributed by atoms with Gasteiger partial charge < -0.3 is 24.6 Å². The maximum atomic E-state index is 13.7. The number of nitrogens with one attached hydrogen (secondary N) is 1. The van der Waals surface area contributed by atoms with Crippen molar-refractivity contribution in [1.82, 2.24) is 14.7 Å². The number of anilines is 1. The molecule has 0 aliphatic carbocycles. The number of carbonyl (C=O) groups is 4. The van der Waals surface area contributed by atoms with E-state index in [9.17, 15) is 19.2 Å². The number of benzene rings is 2. The van der Waals surface area contributed by atoms with E-state index in [2.05, 4.69) is 5.32 Å². The largest absolute Gasteiger partial charge is 1.00 e. The average molecular weight is 498 g/mol. The van der Waals surface area contributed by atoms with Crippen LogP contribution < -0.4 is 14.8 Å². The molecule has 0 radical (unpaired) electrons. The van der Waals surface area contributed by atoms with Crippen LogP contribution in [0.25, 0.3) is 0 Å². The van der Waals surface area contributed by atoms with Gasteiger partial charge in [0.2, 0.25) is 11.8 Å². The molecule has 2 aromatic rings. The normalized spacial score (nSPS) is 13.5. The Hall–Kier alpha value is -3.92. The van der Waals surface area contributed by atoms with Crippen LogP contribution in [0.1, 0.15) is 47.1 Å². The van der Waals surface area contributed by atoms with E-state index < -0.39 is 17.9 Å². The first kappa shape index (κ1) is 26.7. The molecular formula is C26H33N4O6+. The van der Waals surface area contributed by atoms with Crippen LogP contribution in [0.15, 0.2) is 36.4 Å². The van der Waals surface area contributed by atoms with Gasteiger partial charge in [0, 0.05) is 14.1 Å². The summed E-state index contributed by atoms with van der Waals surface area (Å²) in [5, 5.41) is 2.73. The minimum absolute atomic E-state index is 0. The van der Waals surface area contributed by atoms with E-state index in [4.69, 9.17) is 9.47 Å². The number of amides is 4. The lowest BCUT2D eigenvalue weighted by molar-refractivity contribution is -0.129. The van der Waals surface area contributed by atoms with Crippen molar-refractivity contribution in [3.8, 4) is 11.5 Å². The Morgan fingerprint density at radius 3 is 2.39 bits per heavy atom. The fourth-order valence-electron chi connectivity index (χ4n) is 4.04. The Labute approximate surface area is 212 Å². The zero-order chi connectivity index (χ0) is 26.6. The Morgan fingerprint density at radius 1 is 1.06 bits per heavy atom. The van der Waals surface area contributed by atoms with Crippen LogP contribution in [0.2, 0.25) is 0 Å². The quantitative estimate of drug-likeness (QED) is 0.503. The summed E-state index contributed by atoms with van der Waals surface area (Å²) in [5.74, 6) is -0.766. The fourth-order valence-corrected chi connectivity index (χ4v) is 4.04. The minimum atomic E-state index is -0.900. The van der Waals surface area contributed by atoms with Crippen LogP contribution in [-0.4, -0.2) is 86.8 Å². The van der Waals surface area contributed by atoms with E-state index >= 15 is 0 Å². The number of carbonyl (C=O) groups excluding carboxylic acids is 4. The van der Waals surface area contributed by atoms with Crippen molar-refractivity contribution in [2.24, 2.45) is 0 Å². The van der Waals surface area contributed by atoms with Crippen molar-refractivity contribution >= 4 is 29.3 Å². The van der Waals surface area contributed by atoms with Crippen LogP contribution in [0, 0.1) is 0 Å². The van der Waals surface area contributed by atoms with E-state index in [0.29, 0.717) is 23.7 Å². The highest BCUT2D eigenvalue weighted by atomic mass is 16.5. The lowest BCUT2D eigenvalue weighted by Gasteiger charge is -2.28. The molecule has 10 heteroatoms. The first-order chi connectivity index (χ1) is 17.1. The second kappa shape index (κ2) is 11.2. The standard InChI is InChI=1S/C26H32N4O6/c1-7-36-21-13-16(11-12-20(21)35-6)19(14-23(32)29(4)5)30-25(33)17-9-8-10-18(24(17)26(30)34)27-22(31)15-28(2)3/h8-13,19H,7,14-15H2,1-6H3,(H,27,31)/p+1/t19-/m1/s1. The van der Waals surface area contributed by atoms with Gasteiger partial charge in [-0.2, -0.15) is 0 Å². The summed E-state index contributed by atoms with van der Waals surface area (Å²) in [6.45, 7) is 2.32. The molecule has 1 aliphatic heterocycles. The molecule has 0 saturated carbocycles. The summed E-state index contributed by atoms with van der Waals surface area (Å²) in [6.07, 6.45) is -0.126. The fraction of sp³-hybridized carbons (Fsp3) is 0.385. The van der Waals surface area contributed by atoms with Gasteiger partial charge in [0.05, 0.1) is 49.5 Å². The summed E-state index contributed by atoms with van der Waals surface area (Å²) in [6, 6.07) is 8.90. The third-order valence-electron chi connectivity index (χ3n) is 5.73. The maximum Gasteiger partial charge on any atom is 1.00 e. The van der Waals surface area contributed by atoms with Gasteiger partial charge in [0.15, 0.2) is 11.5 Å². The van der Waals surface area contributed by atoms with E-state index in [-0.39, 0.29) is 43.0 Å². The van der Waals surface area contributed by atoms with Gasteiger partial charge in [-0.25, -0.2) is 0 Å². The van der Waals surface area contributed by atoms with Crippen LogP contribution in [0.3, 0.4) is 0 Å². The molecule has 0 bridgehead atoms. The van der Waals surface area contributed by atoms with Gasteiger partial charge in [0.25, 0.3) is 11.8 Å². The van der Waals surface area contributed by atoms with Gasteiger partial charge in [-0.3, -0.25) is 24.1 Å². The van der Waals surface area contributed by atoms with E-state index in [1.165, 1.54) is 12.0 Å². The number of hydrogen-bond donors (Lipinski definition) is 1. The highest BCUT2D eigenvalue weighted by Gasteiger charge is 2.43. The molecule has 3 rings (SSSR count). The van der Waals surface area contributed by atoms with Crippen LogP contribution in [0.5, 0.6) is 11.5 Å². The second-order valence-electron chi connectivity index (χ2n) is 8.85. The van der Waals surface area contributed by atoms with Crippen molar-refractivity contribution in [3.63, 3.8) is 0 Å². The molecule has 1 aliphatic rings. The zero-order valence-corrected chi connectivity index (χ0v) is 21.5. The van der Waals surface area contributed by atoms with Crippen LogP contribution in [0.4, 0.5) is 5.69 Å². The molecule has 1 atom stereocenters. The lowest BCUT2D eigenvalue weighted by Crippen LogP contribution is -2.37. The van der Waals surface area contributed by atoms with Crippen LogP contribution >= 0.6 is 0 Å². The van der Waals surface area contributed by atoms with Crippen molar-refractivity contribution in [1.29, 1.82) is 0 Å². The molecule has 10 nitrogen and oxygen atoms in total. The topological polar surface area (TPSA) is 108 Å². The highest BCUT2D eigenvalue weighted by Crippen LogP contribution is 2.39. The number of likely N-dealkylation sites (N-methyl/N-ethyl adjacent to an activating group) is 1. The van der Waals surface area contributed by atoms with Gasteiger partial charge in [0.1, 0.15) is 0 Å². The first-order valence-electron chi connectivity index (χ1n) is 11.5. The third kappa shape index (κ3) is 5.49. The number of methoxy groups -OCH3 is 1. The molecule has 0 fully saturated rings. The smallest absolute Gasteiger partial charge is 0.493 e. The maximum absolute atomic E-state index is 13.7. The van der Waals surface area contributed by atoms with Crippen molar-refractivity contribution < 1.29 is 30.1 Å². The Morgan fingerprint density at radius 2 is 1.78 bits per heavy atom.